The maximum atomic E-state index is 11.7. The predicted molar refractivity (Wildman–Crippen MR) is 64.6 cm³/mol. The number of nitrogens with one attached hydrogen (secondary N) is 2. The summed E-state index contributed by atoms with van der Waals surface area (Å²) in [4.78, 5) is 24.8. The summed E-state index contributed by atoms with van der Waals surface area (Å²) in [5.74, 6) is -1.35. The molecule has 0 aliphatic heterocycles. The number of rotatable bonds is 5. The van der Waals surface area contributed by atoms with Crippen molar-refractivity contribution in [3.8, 4) is 0 Å². The molecule has 0 aliphatic carbocycles. The molecule has 3 N–H and O–H groups in total. The van der Waals surface area contributed by atoms with Crippen LogP contribution in [0.5, 0.6) is 0 Å². The lowest BCUT2D eigenvalue weighted by atomic mass is 10.4. The van der Waals surface area contributed by atoms with Crippen molar-refractivity contribution in [3.05, 3.63) is 34.9 Å². The number of aromatic amines is 1. The minimum absolute atomic E-state index is 0.148. The fourth-order valence-electron chi connectivity index (χ4n) is 1.40. The molecule has 0 spiro atoms. The van der Waals surface area contributed by atoms with Crippen molar-refractivity contribution in [3.63, 3.8) is 0 Å². The number of amides is 1. The first-order valence-electron chi connectivity index (χ1n) is 5.27. The highest BCUT2D eigenvalue weighted by Gasteiger charge is 2.09. The van der Waals surface area contributed by atoms with E-state index in [4.69, 9.17) is 16.7 Å². The third-order valence-corrected chi connectivity index (χ3v) is 2.42. The fourth-order valence-corrected chi connectivity index (χ4v) is 1.56. The van der Waals surface area contributed by atoms with Gasteiger partial charge in [0.25, 0.3) is 5.91 Å². The van der Waals surface area contributed by atoms with Crippen molar-refractivity contribution < 1.29 is 14.7 Å². The first-order valence-corrected chi connectivity index (χ1v) is 5.65. The topological polar surface area (TPSA) is 113 Å². The average Bonchev–Trinajstić information content (AvgIpc) is 2.94. The van der Waals surface area contributed by atoms with Gasteiger partial charge in [-0.25, -0.2) is 4.68 Å². The van der Waals surface area contributed by atoms with Gasteiger partial charge in [-0.15, -0.1) is 5.10 Å². The molecule has 0 radical (unpaired) electrons. The number of aromatic nitrogens is 4. The molecule has 2 aromatic heterocycles. The molecule has 100 valence electrons. The Labute approximate surface area is 112 Å². The van der Waals surface area contributed by atoms with Crippen molar-refractivity contribution in [2.24, 2.45) is 0 Å². The molecule has 2 aromatic rings. The molecule has 0 atom stereocenters. The van der Waals surface area contributed by atoms with Crippen molar-refractivity contribution in [2.75, 3.05) is 0 Å². The second-order valence-electron chi connectivity index (χ2n) is 3.72. The maximum Gasteiger partial charge on any atom is 0.325 e. The van der Waals surface area contributed by atoms with E-state index in [-0.39, 0.29) is 19.0 Å². The molecule has 0 aliphatic rings. The Bertz CT molecular complexity index is 606. The first kappa shape index (κ1) is 13.1. The lowest BCUT2D eigenvalue weighted by Gasteiger charge is -1.99. The highest BCUT2D eigenvalue weighted by atomic mass is 35.5. The monoisotopic (exact) mass is 283 g/mol. The van der Waals surface area contributed by atoms with Crippen molar-refractivity contribution in [1.29, 1.82) is 0 Å². The van der Waals surface area contributed by atoms with Gasteiger partial charge in [0.2, 0.25) is 0 Å². The molecule has 0 aromatic carbocycles. The number of H-pyrrole nitrogens is 1. The summed E-state index contributed by atoms with van der Waals surface area (Å²) >= 11 is 5.68. The molecule has 1 amide bonds. The van der Waals surface area contributed by atoms with E-state index in [1.54, 1.807) is 0 Å². The van der Waals surface area contributed by atoms with Crippen molar-refractivity contribution >= 4 is 23.5 Å². The molecule has 0 fully saturated rings. The molecule has 0 unspecified atom stereocenters. The number of nitrogens with zero attached hydrogens (tertiary/aromatic N) is 3. The van der Waals surface area contributed by atoms with Crippen LogP contribution in [0.1, 0.15) is 16.2 Å². The molecule has 9 heteroatoms. The summed E-state index contributed by atoms with van der Waals surface area (Å²) in [7, 11) is 0. The minimum Gasteiger partial charge on any atom is -0.480 e. The number of carbonyl (C=O) groups is 2. The predicted octanol–water partition coefficient (Wildman–Crippen LogP) is 0.274. The van der Waals surface area contributed by atoms with E-state index >= 15 is 0 Å². The lowest BCUT2D eigenvalue weighted by molar-refractivity contribution is -0.137. The summed E-state index contributed by atoms with van der Waals surface area (Å²) in [6.07, 6.45) is 2.95. The van der Waals surface area contributed by atoms with Gasteiger partial charge >= 0.3 is 5.97 Å². The molecular formula is C10H10ClN5O3. The van der Waals surface area contributed by atoms with Crippen LogP contribution in [-0.2, 0) is 17.9 Å². The van der Waals surface area contributed by atoms with E-state index in [9.17, 15) is 9.59 Å². The Morgan fingerprint density at radius 1 is 1.53 bits per heavy atom. The number of carbonyl (C=O) groups excluding carboxylic acids is 1. The molecule has 19 heavy (non-hydrogen) atoms. The van der Waals surface area contributed by atoms with Crippen LogP contribution in [0, 0.1) is 0 Å². The zero-order chi connectivity index (χ0) is 13.8. The van der Waals surface area contributed by atoms with E-state index in [2.05, 4.69) is 20.6 Å². The zero-order valence-electron chi connectivity index (χ0n) is 9.63. The Morgan fingerprint density at radius 2 is 2.32 bits per heavy atom. The molecule has 0 bridgehead atoms. The van der Waals surface area contributed by atoms with Gasteiger partial charge in [-0.1, -0.05) is 16.8 Å². The molecular weight excluding hydrogens is 274 g/mol. The van der Waals surface area contributed by atoms with Crippen LogP contribution in [0.25, 0.3) is 0 Å². The lowest BCUT2D eigenvalue weighted by Crippen LogP contribution is -2.23. The van der Waals surface area contributed by atoms with Gasteiger partial charge in [0.1, 0.15) is 17.9 Å². The number of carboxylic acid groups (broad SMARTS) is 1. The zero-order valence-corrected chi connectivity index (χ0v) is 10.4. The van der Waals surface area contributed by atoms with Crippen LogP contribution < -0.4 is 5.32 Å². The summed E-state index contributed by atoms with van der Waals surface area (Å²) in [5.41, 5.74) is 0.801. The SMILES string of the molecule is O=C(O)Cn1cc(CNC(=O)c2cc(Cl)c[nH]2)nn1. The Balaban J connectivity index is 1.90. The maximum absolute atomic E-state index is 11.7. The van der Waals surface area contributed by atoms with Crippen LogP contribution in [0.4, 0.5) is 0 Å². The van der Waals surface area contributed by atoms with Crippen LogP contribution in [-0.4, -0.2) is 37.0 Å². The van der Waals surface area contributed by atoms with Crippen molar-refractivity contribution in [2.45, 2.75) is 13.1 Å². The number of hydrogen-bond acceptors (Lipinski definition) is 4. The highest BCUT2D eigenvalue weighted by Crippen LogP contribution is 2.09. The van der Waals surface area contributed by atoms with Gasteiger partial charge in [-0.05, 0) is 6.07 Å². The quantitative estimate of drug-likeness (QED) is 0.729. The van der Waals surface area contributed by atoms with E-state index < -0.39 is 5.97 Å². The van der Waals surface area contributed by atoms with Crippen LogP contribution in [0.2, 0.25) is 5.02 Å². The van der Waals surface area contributed by atoms with Crippen LogP contribution >= 0.6 is 11.6 Å². The number of aliphatic carboxylic acids is 1. The Hall–Kier alpha value is -2.35. The third kappa shape index (κ3) is 3.55. The Morgan fingerprint density at radius 3 is 2.95 bits per heavy atom. The van der Waals surface area contributed by atoms with E-state index in [0.29, 0.717) is 16.4 Å². The first-order chi connectivity index (χ1) is 9.04. The molecule has 0 saturated carbocycles. The van der Waals surface area contributed by atoms with Crippen LogP contribution in [0.15, 0.2) is 18.5 Å². The number of halogens is 1. The average molecular weight is 284 g/mol. The van der Waals surface area contributed by atoms with Crippen LogP contribution in [0.3, 0.4) is 0 Å². The van der Waals surface area contributed by atoms with E-state index in [1.807, 2.05) is 0 Å². The van der Waals surface area contributed by atoms with Gasteiger partial charge < -0.3 is 15.4 Å². The van der Waals surface area contributed by atoms with Gasteiger partial charge in [-0.3, -0.25) is 9.59 Å². The smallest absolute Gasteiger partial charge is 0.325 e. The summed E-state index contributed by atoms with van der Waals surface area (Å²) in [5, 5.41) is 19.0. The third-order valence-electron chi connectivity index (χ3n) is 2.21. The van der Waals surface area contributed by atoms with Gasteiger partial charge in [0, 0.05) is 6.20 Å². The summed E-state index contributed by atoms with van der Waals surface area (Å²) in [6.45, 7) is -0.123. The number of carboxylic acids is 1. The standard InChI is InChI=1S/C10H10ClN5O3/c11-6-1-8(12-2-6)10(19)13-3-7-4-16(15-14-7)5-9(17)18/h1-2,4,12H,3,5H2,(H,13,19)(H,17,18). The minimum atomic E-state index is -1.01. The normalized spacial score (nSPS) is 10.4. The van der Waals surface area contributed by atoms with Crippen molar-refractivity contribution in [1.82, 2.24) is 25.3 Å². The van der Waals surface area contributed by atoms with Gasteiger partial charge in [-0.2, -0.15) is 0 Å². The van der Waals surface area contributed by atoms with Gasteiger partial charge in [0.05, 0.1) is 17.8 Å². The van der Waals surface area contributed by atoms with Gasteiger partial charge in [0.15, 0.2) is 0 Å². The molecule has 0 saturated heterocycles. The van der Waals surface area contributed by atoms with E-state index in [1.165, 1.54) is 23.1 Å². The second kappa shape index (κ2) is 5.53. The summed E-state index contributed by atoms with van der Waals surface area (Å²) in [6, 6.07) is 1.50. The largest absolute Gasteiger partial charge is 0.480 e. The fraction of sp³-hybridized carbons (Fsp3) is 0.200. The Kier molecular flexibility index (Phi) is 3.81. The second-order valence-corrected chi connectivity index (χ2v) is 4.15. The molecule has 2 heterocycles. The molecule has 8 nitrogen and oxygen atoms in total. The summed E-state index contributed by atoms with van der Waals surface area (Å²) < 4.78 is 1.18. The number of hydrogen-bond donors (Lipinski definition) is 3. The highest BCUT2D eigenvalue weighted by molar-refractivity contribution is 6.30. The molecule has 2 rings (SSSR count). The van der Waals surface area contributed by atoms with E-state index in [0.717, 1.165) is 0 Å².